The first-order chi connectivity index (χ1) is 22.0. The van der Waals surface area contributed by atoms with Crippen LogP contribution in [0.1, 0.15) is 43.0 Å². The minimum atomic E-state index is -0.607. The van der Waals surface area contributed by atoms with Gasteiger partial charge in [0, 0.05) is 49.3 Å². The maximum absolute atomic E-state index is 13.1. The molecular formula is C34H43N7O5. The van der Waals surface area contributed by atoms with Crippen molar-refractivity contribution in [2.75, 3.05) is 73.0 Å². The van der Waals surface area contributed by atoms with Gasteiger partial charge in [-0.2, -0.15) is 0 Å². The largest absolute Gasteiger partial charge is 0.474 e. The fourth-order valence-corrected chi connectivity index (χ4v) is 6.04. The lowest BCUT2D eigenvalue weighted by atomic mass is 10.0. The number of carbonyl (C=O) groups is 2. The number of benzene rings is 1. The second-order valence-electron chi connectivity index (χ2n) is 13.0. The fraction of sp³-hybridized carbons (Fsp3) is 0.471. The summed E-state index contributed by atoms with van der Waals surface area (Å²) >= 11 is 0. The van der Waals surface area contributed by atoms with Crippen molar-refractivity contribution in [2.24, 2.45) is 0 Å². The molecule has 1 fully saturated rings. The summed E-state index contributed by atoms with van der Waals surface area (Å²) in [7, 11) is 0. The monoisotopic (exact) mass is 629 g/mol. The van der Waals surface area contributed by atoms with Crippen LogP contribution in [-0.4, -0.2) is 85.0 Å². The Labute approximate surface area is 270 Å². The molecule has 5 heterocycles. The van der Waals surface area contributed by atoms with Crippen molar-refractivity contribution in [1.29, 1.82) is 0 Å². The molecule has 0 atom stereocenters. The highest BCUT2D eigenvalue weighted by atomic mass is 16.6. The summed E-state index contributed by atoms with van der Waals surface area (Å²) in [4.78, 5) is 41.0. The zero-order chi connectivity index (χ0) is 32.4. The van der Waals surface area contributed by atoms with Crippen molar-refractivity contribution in [2.45, 2.75) is 53.2 Å². The predicted octanol–water partition coefficient (Wildman–Crippen LogP) is 4.80. The lowest BCUT2D eigenvalue weighted by molar-refractivity contribution is -0.118. The Morgan fingerprint density at radius 3 is 2.54 bits per heavy atom. The van der Waals surface area contributed by atoms with Gasteiger partial charge in [-0.3, -0.25) is 14.6 Å². The smallest absolute Gasteiger partial charge is 0.415 e. The summed E-state index contributed by atoms with van der Waals surface area (Å²) < 4.78 is 16.9. The number of anilines is 5. The van der Waals surface area contributed by atoms with E-state index in [4.69, 9.17) is 14.2 Å². The van der Waals surface area contributed by atoms with Crippen LogP contribution in [0.2, 0.25) is 0 Å². The van der Waals surface area contributed by atoms with Crippen LogP contribution in [0.4, 0.5) is 33.4 Å². The van der Waals surface area contributed by atoms with E-state index in [0.29, 0.717) is 51.0 Å². The first kappa shape index (κ1) is 31.6. The molecule has 0 bridgehead atoms. The van der Waals surface area contributed by atoms with Gasteiger partial charge in [-0.1, -0.05) is 0 Å². The highest BCUT2D eigenvalue weighted by Crippen LogP contribution is 2.40. The van der Waals surface area contributed by atoms with E-state index in [1.165, 1.54) is 11.1 Å². The minimum Gasteiger partial charge on any atom is -0.474 e. The maximum atomic E-state index is 13.1. The Balaban J connectivity index is 1.14. The summed E-state index contributed by atoms with van der Waals surface area (Å²) in [5.74, 6) is 1.17. The van der Waals surface area contributed by atoms with Crippen molar-refractivity contribution in [3.8, 4) is 5.88 Å². The second kappa shape index (κ2) is 13.1. The third-order valence-electron chi connectivity index (χ3n) is 8.36. The second-order valence-corrected chi connectivity index (χ2v) is 13.0. The highest BCUT2D eigenvalue weighted by Gasteiger charge is 2.32. The Hall–Kier alpha value is -4.42. The van der Waals surface area contributed by atoms with E-state index in [0.717, 1.165) is 60.1 Å². The Bertz CT molecular complexity index is 1620. The summed E-state index contributed by atoms with van der Waals surface area (Å²) in [5.41, 5.74) is 6.97. The van der Waals surface area contributed by atoms with Crippen LogP contribution in [0.3, 0.4) is 0 Å². The van der Waals surface area contributed by atoms with Gasteiger partial charge < -0.3 is 29.7 Å². The molecule has 0 saturated carbocycles. The molecule has 0 unspecified atom stereocenters. The van der Waals surface area contributed by atoms with Crippen LogP contribution >= 0.6 is 0 Å². The SMILES string of the molecule is Cc1cc(Nc2cc3c(cn2)CCN(c2cnc4c(c2C)N(C(=O)OC(C)(C)C)CCO4)C3)ccc1NC(=O)CN1CCOCC1. The normalized spacial score (nSPS) is 16.6. The number of aryl methyl sites for hydroxylation is 1. The van der Waals surface area contributed by atoms with E-state index in [1.807, 2.05) is 65.2 Å². The molecule has 2 N–H and O–H groups in total. The first-order valence-corrected chi connectivity index (χ1v) is 15.9. The molecule has 0 aliphatic carbocycles. The minimum absolute atomic E-state index is 0.0268. The van der Waals surface area contributed by atoms with E-state index in [2.05, 4.69) is 36.5 Å². The van der Waals surface area contributed by atoms with Crippen LogP contribution in [-0.2, 0) is 27.2 Å². The Morgan fingerprint density at radius 2 is 1.78 bits per heavy atom. The van der Waals surface area contributed by atoms with Gasteiger partial charge in [-0.15, -0.1) is 0 Å². The van der Waals surface area contributed by atoms with Crippen LogP contribution in [0.5, 0.6) is 5.88 Å². The molecule has 0 radical (unpaired) electrons. The summed E-state index contributed by atoms with van der Waals surface area (Å²) in [5, 5.41) is 6.47. The number of nitrogens with one attached hydrogen (secondary N) is 2. The van der Waals surface area contributed by atoms with Crippen molar-refractivity contribution >= 4 is 40.6 Å². The van der Waals surface area contributed by atoms with Crippen LogP contribution in [0.15, 0.2) is 36.7 Å². The Kier molecular flexibility index (Phi) is 9.01. The maximum Gasteiger partial charge on any atom is 0.415 e. The van der Waals surface area contributed by atoms with Crippen molar-refractivity contribution in [3.63, 3.8) is 0 Å². The molecule has 0 spiro atoms. The van der Waals surface area contributed by atoms with Gasteiger partial charge in [0.1, 0.15) is 23.7 Å². The standard InChI is InChI=1S/C34H43N7O5/c1-22-16-26(6-7-27(22)38-30(42)21-39-10-13-44-14-11-39)37-29-17-25-20-40(9-8-24(25)18-35-29)28-19-36-32-31(23(28)2)41(12-15-45-32)33(43)46-34(3,4)5/h6-7,16-19H,8-15,20-21H2,1-5H3,(H,35,37)(H,38,42). The zero-order valence-electron chi connectivity index (χ0n) is 27.3. The van der Waals surface area contributed by atoms with Crippen LogP contribution < -0.4 is 25.2 Å². The van der Waals surface area contributed by atoms with Crippen LogP contribution in [0.25, 0.3) is 0 Å². The number of hydrogen-bond donors (Lipinski definition) is 2. The number of ether oxygens (including phenoxy) is 3. The number of amides is 2. The topological polar surface area (TPSA) is 121 Å². The van der Waals surface area contributed by atoms with E-state index >= 15 is 0 Å². The van der Waals surface area contributed by atoms with Gasteiger partial charge in [0.2, 0.25) is 11.8 Å². The molecule has 6 rings (SSSR count). The number of nitrogens with zero attached hydrogens (tertiary/aromatic N) is 5. The number of pyridine rings is 2. The molecule has 46 heavy (non-hydrogen) atoms. The van der Waals surface area contributed by atoms with Crippen molar-refractivity contribution in [3.05, 3.63) is 58.9 Å². The Morgan fingerprint density at radius 1 is 0.978 bits per heavy atom. The van der Waals surface area contributed by atoms with Gasteiger partial charge in [0.05, 0.1) is 38.2 Å². The van der Waals surface area contributed by atoms with Crippen molar-refractivity contribution in [1.82, 2.24) is 14.9 Å². The summed E-state index contributed by atoms with van der Waals surface area (Å²) in [6.45, 7) is 15.0. The third-order valence-corrected chi connectivity index (χ3v) is 8.36. The number of hydrogen-bond acceptors (Lipinski definition) is 10. The van der Waals surface area contributed by atoms with E-state index in [9.17, 15) is 9.59 Å². The molecule has 1 aromatic carbocycles. The number of carbonyl (C=O) groups excluding carboxylic acids is 2. The van der Waals surface area contributed by atoms with Crippen LogP contribution in [0, 0.1) is 13.8 Å². The lowest BCUT2D eigenvalue weighted by Gasteiger charge is -2.35. The molecule has 12 heteroatoms. The fourth-order valence-electron chi connectivity index (χ4n) is 6.04. The molecule has 3 aliphatic heterocycles. The number of fused-ring (bicyclic) bond motifs is 2. The average Bonchev–Trinajstić information content (AvgIpc) is 3.01. The lowest BCUT2D eigenvalue weighted by Crippen LogP contribution is -2.42. The number of aromatic nitrogens is 2. The molecule has 1 saturated heterocycles. The predicted molar refractivity (Wildman–Crippen MR) is 177 cm³/mol. The molecule has 3 aliphatic rings. The highest BCUT2D eigenvalue weighted by molar-refractivity contribution is 5.93. The molecule has 244 valence electrons. The van der Waals surface area contributed by atoms with Gasteiger partial charge in [-0.05, 0) is 82.0 Å². The molecule has 2 amide bonds. The average molecular weight is 630 g/mol. The number of rotatable bonds is 6. The molecule has 12 nitrogen and oxygen atoms in total. The third kappa shape index (κ3) is 7.18. The van der Waals surface area contributed by atoms with Gasteiger partial charge in [-0.25, -0.2) is 14.8 Å². The van der Waals surface area contributed by atoms with E-state index in [1.54, 1.807) is 4.90 Å². The molecule has 3 aromatic rings. The summed E-state index contributed by atoms with van der Waals surface area (Å²) in [6.07, 6.45) is 4.22. The summed E-state index contributed by atoms with van der Waals surface area (Å²) in [6, 6.07) is 7.97. The number of morpholine rings is 1. The quantitative estimate of drug-likeness (QED) is 0.393. The zero-order valence-corrected chi connectivity index (χ0v) is 27.3. The molecule has 2 aromatic heterocycles. The van der Waals surface area contributed by atoms with E-state index < -0.39 is 11.7 Å². The van der Waals surface area contributed by atoms with Gasteiger partial charge >= 0.3 is 6.09 Å². The first-order valence-electron chi connectivity index (χ1n) is 15.9. The van der Waals surface area contributed by atoms with E-state index in [-0.39, 0.29) is 5.91 Å². The van der Waals surface area contributed by atoms with Gasteiger partial charge in [0.25, 0.3) is 0 Å². The van der Waals surface area contributed by atoms with Crippen molar-refractivity contribution < 1.29 is 23.8 Å². The molecular weight excluding hydrogens is 586 g/mol. The van der Waals surface area contributed by atoms with Gasteiger partial charge in [0.15, 0.2) is 0 Å².